The SMILES string of the molecule is O=[C]N(c1cncc(Cl)c1)c1ccc2ccccc2c1. The number of hydrogen-bond acceptors (Lipinski definition) is 2. The van der Waals surface area contributed by atoms with Crippen molar-refractivity contribution in [1.82, 2.24) is 4.98 Å². The summed E-state index contributed by atoms with van der Waals surface area (Å²) in [4.78, 5) is 16.7. The number of rotatable bonds is 3. The Labute approximate surface area is 121 Å². The lowest BCUT2D eigenvalue weighted by molar-refractivity contribution is 0.556. The summed E-state index contributed by atoms with van der Waals surface area (Å²) in [6.45, 7) is 0. The fourth-order valence-corrected chi connectivity index (χ4v) is 2.26. The molecule has 20 heavy (non-hydrogen) atoms. The van der Waals surface area contributed by atoms with E-state index in [9.17, 15) is 4.79 Å². The highest BCUT2D eigenvalue weighted by Crippen LogP contribution is 2.28. The van der Waals surface area contributed by atoms with Crippen molar-refractivity contribution in [3.05, 3.63) is 65.9 Å². The third kappa shape index (κ3) is 2.36. The van der Waals surface area contributed by atoms with Gasteiger partial charge in [-0.15, -0.1) is 0 Å². The van der Waals surface area contributed by atoms with Crippen LogP contribution in [0.15, 0.2) is 60.9 Å². The van der Waals surface area contributed by atoms with Crippen LogP contribution in [0.1, 0.15) is 0 Å². The molecule has 97 valence electrons. The highest BCUT2D eigenvalue weighted by molar-refractivity contribution is 6.30. The number of fused-ring (bicyclic) bond motifs is 1. The van der Waals surface area contributed by atoms with Crippen LogP contribution in [0, 0.1) is 0 Å². The van der Waals surface area contributed by atoms with Gasteiger partial charge < -0.3 is 0 Å². The maximum Gasteiger partial charge on any atom is 0.321 e. The van der Waals surface area contributed by atoms with Gasteiger partial charge in [-0.2, -0.15) is 0 Å². The third-order valence-corrected chi connectivity index (χ3v) is 3.24. The smallest absolute Gasteiger partial charge is 0.271 e. The first kappa shape index (κ1) is 12.6. The van der Waals surface area contributed by atoms with Gasteiger partial charge >= 0.3 is 6.41 Å². The van der Waals surface area contributed by atoms with E-state index in [0.29, 0.717) is 10.7 Å². The van der Waals surface area contributed by atoms with Gasteiger partial charge in [0.2, 0.25) is 0 Å². The number of aromatic nitrogens is 1. The van der Waals surface area contributed by atoms with Crippen molar-refractivity contribution in [3.63, 3.8) is 0 Å². The van der Waals surface area contributed by atoms with E-state index in [1.54, 1.807) is 12.3 Å². The number of amides is 1. The minimum Gasteiger partial charge on any atom is -0.271 e. The lowest BCUT2D eigenvalue weighted by Gasteiger charge is -2.16. The Kier molecular flexibility index (Phi) is 3.35. The average Bonchev–Trinajstić information content (AvgIpc) is 2.48. The van der Waals surface area contributed by atoms with Crippen LogP contribution >= 0.6 is 11.6 Å². The molecule has 0 fully saturated rings. The van der Waals surface area contributed by atoms with Crippen LogP contribution in [0.5, 0.6) is 0 Å². The van der Waals surface area contributed by atoms with E-state index < -0.39 is 0 Å². The summed E-state index contributed by atoms with van der Waals surface area (Å²) in [5.41, 5.74) is 1.31. The zero-order chi connectivity index (χ0) is 13.9. The molecule has 0 bridgehead atoms. The van der Waals surface area contributed by atoms with Gasteiger partial charge in [0, 0.05) is 6.20 Å². The predicted octanol–water partition coefficient (Wildman–Crippen LogP) is 4.09. The molecule has 2 aromatic carbocycles. The Balaban J connectivity index is 2.09. The normalized spacial score (nSPS) is 10.4. The molecule has 3 rings (SSSR count). The van der Waals surface area contributed by atoms with Gasteiger partial charge in [0.25, 0.3) is 0 Å². The van der Waals surface area contributed by atoms with Crippen LogP contribution < -0.4 is 4.90 Å². The van der Waals surface area contributed by atoms with Gasteiger partial charge in [-0.3, -0.25) is 14.7 Å². The Morgan fingerprint density at radius 2 is 1.75 bits per heavy atom. The molecule has 0 saturated carbocycles. The van der Waals surface area contributed by atoms with Crippen LogP contribution in [-0.2, 0) is 4.79 Å². The fourth-order valence-electron chi connectivity index (χ4n) is 2.09. The second kappa shape index (κ2) is 5.31. The van der Waals surface area contributed by atoms with E-state index in [1.807, 2.05) is 48.9 Å². The molecule has 0 atom stereocenters. The van der Waals surface area contributed by atoms with Crippen LogP contribution in [0.25, 0.3) is 10.8 Å². The molecular formula is C16H10ClN2O. The number of benzene rings is 2. The number of halogens is 1. The third-order valence-electron chi connectivity index (χ3n) is 3.03. The minimum absolute atomic E-state index is 0.475. The van der Waals surface area contributed by atoms with Crippen molar-refractivity contribution in [1.29, 1.82) is 0 Å². The van der Waals surface area contributed by atoms with Crippen LogP contribution in [0.4, 0.5) is 11.4 Å². The van der Waals surface area contributed by atoms with E-state index in [4.69, 9.17) is 11.6 Å². The summed E-state index contributed by atoms with van der Waals surface area (Å²) in [6, 6.07) is 15.4. The Hall–Kier alpha value is -2.39. The highest BCUT2D eigenvalue weighted by Gasteiger charge is 2.10. The van der Waals surface area contributed by atoms with E-state index in [2.05, 4.69) is 4.98 Å². The molecule has 0 unspecified atom stereocenters. The van der Waals surface area contributed by atoms with Gasteiger partial charge in [-0.25, -0.2) is 0 Å². The Morgan fingerprint density at radius 3 is 2.50 bits per heavy atom. The molecule has 1 amide bonds. The Bertz CT molecular complexity index is 773. The van der Waals surface area contributed by atoms with Gasteiger partial charge in [-0.05, 0) is 29.0 Å². The van der Waals surface area contributed by atoms with Crippen molar-refractivity contribution in [2.75, 3.05) is 4.90 Å². The highest BCUT2D eigenvalue weighted by atomic mass is 35.5. The largest absolute Gasteiger partial charge is 0.321 e. The lowest BCUT2D eigenvalue weighted by atomic mass is 10.1. The van der Waals surface area contributed by atoms with E-state index in [0.717, 1.165) is 16.5 Å². The lowest BCUT2D eigenvalue weighted by Crippen LogP contribution is -2.14. The van der Waals surface area contributed by atoms with E-state index in [1.165, 1.54) is 11.1 Å². The molecule has 0 saturated heterocycles. The van der Waals surface area contributed by atoms with Crippen LogP contribution in [0.3, 0.4) is 0 Å². The van der Waals surface area contributed by atoms with E-state index >= 15 is 0 Å². The van der Waals surface area contributed by atoms with Crippen molar-refractivity contribution >= 4 is 40.2 Å². The molecule has 0 aliphatic carbocycles. The van der Waals surface area contributed by atoms with Crippen molar-refractivity contribution in [3.8, 4) is 0 Å². The molecule has 0 aliphatic rings. The molecule has 1 aromatic heterocycles. The number of hydrogen-bond donors (Lipinski definition) is 0. The quantitative estimate of drug-likeness (QED) is 0.677. The molecule has 4 heteroatoms. The van der Waals surface area contributed by atoms with Crippen molar-refractivity contribution in [2.45, 2.75) is 0 Å². The summed E-state index contributed by atoms with van der Waals surface area (Å²) in [6.07, 6.45) is 5.01. The zero-order valence-corrected chi connectivity index (χ0v) is 11.2. The van der Waals surface area contributed by atoms with Gasteiger partial charge in [0.1, 0.15) is 0 Å². The molecule has 1 radical (unpaired) electrons. The standard InChI is InChI=1S/C16H10ClN2O/c17-14-8-16(10-18-9-14)19(11-20)15-6-5-12-3-1-2-4-13(12)7-15/h1-10H. The summed E-state index contributed by atoms with van der Waals surface area (Å²) >= 11 is 5.91. The zero-order valence-electron chi connectivity index (χ0n) is 10.5. The van der Waals surface area contributed by atoms with Crippen LogP contribution in [0.2, 0.25) is 5.02 Å². The molecule has 0 spiro atoms. The van der Waals surface area contributed by atoms with Gasteiger partial charge in [0.05, 0.1) is 22.6 Å². The van der Waals surface area contributed by atoms with Gasteiger partial charge in [0.15, 0.2) is 0 Å². The molecule has 0 aliphatic heterocycles. The number of pyridine rings is 1. The number of nitrogens with zero attached hydrogens (tertiary/aromatic N) is 2. The first-order chi connectivity index (χ1) is 9.78. The van der Waals surface area contributed by atoms with Crippen LogP contribution in [-0.4, -0.2) is 11.4 Å². The molecule has 1 heterocycles. The maximum atomic E-state index is 11.3. The minimum atomic E-state index is 0.475. The monoisotopic (exact) mass is 281 g/mol. The number of carbonyl (C=O) groups excluding carboxylic acids is 1. The maximum absolute atomic E-state index is 11.3. The molecular weight excluding hydrogens is 272 g/mol. The predicted molar refractivity (Wildman–Crippen MR) is 81.0 cm³/mol. The van der Waals surface area contributed by atoms with Crippen molar-refractivity contribution < 1.29 is 4.79 Å². The summed E-state index contributed by atoms with van der Waals surface area (Å²) in [7, 11) is 0. The summed E-state index contributed by atoms with van der Waals surface area (Å²) in [5, 5.41) is 2.65. The molecule has 3 aromatic rings. The van der Waals surface area contributed by atoms with Gasteiger partial charge in [-0.1, -0.05) is 41.9 Å². The second-order valence-electron chi connectivity index (χ2n) is 4.32. The first-order valence-electron chi connectivity index (χ1n) is 6.05. The van der Waals surface area contributed by atoms with E-state index in [-0.39, 0.29) is 0 Å². The first-order valence-corrected chi connectivity index (χ1v) is 6.43. The molecule has 0 N–H and O–H groups in total. The fraction of sp³-hybridized carbons (Fsp3) is 0. The average molecular weight is 282 g/mol. The summed E-state index contributed by atoms with van der Waals surface area (Å²) in [5.74, 6) is 0. The second-order valence-corrected chi connectivity index (χ2v) is 4.76. The number of anilines is 2. The van der Waals surface area contributed by atoms with Crippen molar-refractivity contribution in [2.24, 2.45) is 0 Å². The topological polar surface area (TPSA) is 33.2 Å². The summed E-state index contributed by atoms with van der Waals surface area (Å²) < 4.78 is 0. The Morgan fingerprint density at radius 1 is 0.950 bits per heavy atom. The molecule has 3 nitrogen and oxygen atoms in total.